The van der Waals surface area contributed by atoms with Crippen molar-refractivity contribution in [2.45, 2.75) is 25.7 Å². The highest BCUT2D eigenvalue weighted by Crippen LogP contribution is 2.47. The van der Waals surface area contributed by atoms with Crippen LogP contribution in [0.25, 0.3) is 0 Å². The minimum atomic E-state index is 0.107. The van der Waals surface area contributed by atoms with E-state index >= 15 is 0 Å². The molecule has 4 nitrogen and oxygen atoms in total. The van der Waals surface area contributed by atoms with Gasteiger partial charge in [0.05, 0.1) is 13.2 Å². The molecule has 2 bridgehead atoms. The van der Waals surface area contributed by atoms with Crippen molar-refractivity contribution in [1.82, 2.24) is 10.2 Å². The summed E-state index contributed by atoms with van der Waals surface area (Å²) < 4.78 is 5.25. The van der Waals surface area contributed by atoms with Crippen molar-refractivity contribution in [2.75, 3.05) is 32.8 Å². The van der Waals surface area contributed by atoms with Gasteiger partial charge in [-0.05, 0) is 37.0 Å². The van der Waals surface area contributed by atoms with E-state index in [4.69, 9.17) is 4.74 Å². The van der Waals surface area contributed by atoms with Gasteiger partial charge in [0.1, 0.15) is 0 Å². The molecule has 2 saturated carbocycles. The molecule has 1 aliphatic heterocycles. The third-order valence-corrected chi connectivity index (χ3v) is 4.70. The number of carbonyl (C=O) groups is 1. The number of urea groups is 1. The van der Waals surface area contributed by atoms with Gasteiger partial charge in [-0.25, -0.2) is 4.79 Å². The van der Waals surface area contributed by atoms with E-state index < -0.39 is 0 Å². The Balaban J connectivity index is 1.43. The second kappa shape index (κ2) is 4.84. The topological polar surface area (TPSA) is 41.6 Å². The molecule has 3 atom stereocenters. The normalized spacial score (nSPS) is 36.2. The summed E-state index contributed by atoms with van der Waals surface area (Å²) in [5.41, 5.74) is 0. The SMILES string of the molecule is O=C(NC[C@H]1C[C@@H]2CC[C@@H]1C2)N1CCOCC1. The lowest BCUT2D eigenvalue weighted by Crippen LogP contribution is -2.47. The molecule has 0 aromatic heterocycles. The van der Waals surface area contributed by atoms with Crippen molar-refractivity contribution in [3.63, 3.8) is 0 Å². The fourth-order valence-electron chi connectivity index (χ4n) is 3.72. The lowest BCUT2D eigenvalue weighted by atomic mass is 9.89. The Bertz CT molecular complexity index is 289. The van der Waals surface area contributed by atoms with Crippen molar-refractivity contribution in [3.8, 4) is 0 Å². The number of rotatable bonds is 2. The fourth-order valence-corrected chi connectivity index (χ4v) is 3.72. The molecule has 0 aromatic carbocycles. The first-order valence-corrected chi connectivity index (χ1v) is 6.93. The van der Waals surface area contributed by atoms with Crippen molar-refractivity contribution >= 4 is 6.03 Å². The van der Waals surface area contributed by atoms with Gasteiger partial charge in [0.2, 0.25) is 0 Å². The summed E-state index contributed by atoms with van der Waals surface area (Å²) in [5.74, 6) is 2.61. The molecule has 1 N–H and O–H groups in total. The van der Waals surface area contributed by atoms with Gasteiger partial charge in [-0.3, -0.25) is 0 Å². The smallest absolute Gasteiger partial charge is 0.317 e. The molecule has 4 heteroatoms. The molecule has 0 aromatic rings. The molecule has 3 fully saturated rings. The Morgan fingerprint density at radius 1 is 1.24 bits per heavy atom. The van der Waals surface area contributed by atoms with Crippen LogP contribution in [0.4, 0.5) is 4.79 Å². The van der Waals surface area contributed by atoms with Crippen LogP contribution in [0.2, 0.25) is 0 Å². The summed E-state index contributed by atoms with van der Waals surface area (Å²) >= 11 is 0. The van der Waals surface area contributed by atoms with E-state index in [1.54, 1.807) is 0 Å². The summed E-state index contributed by atoms with van der Waals surface area (Å²) in [6.07, 6.45) is 5.58. The van der Waals surface area contributed by atoms with Crippen LogP contribution in [0.15, 0.2) is 0 Å². The van der Waals surface area contributed by atoms with Crippen LogP contribution in [0.3, 0.4) is 0 Å². The van der Waals surface area contributed by atoms with Gasteiger partial charge in [-0.1, -0.05) is 6.42 Å². The van der Waals surface area contributed by atoms with Gasteiger partial charge >= 0.3 is 6.03 Å². The van der Waals surface area contributed by atoms with Crippen LogP contribution in [-0.4, -0.2) is 43.8 Å². The first kappa shape index (κ1) is 11.3. The molecule has 1 heterocycles. The molecule has 96 valence electrons. The zero-order valence-corrected chi connectivity index (χ0v) is 10.4. The van der Waals surface area contributed by atoms with Crippen molar-refractivity contribution < 1.29 is 9.53 Å². The number of nitrogens with one attached hydrogen (secondary N) is 1. The average Bonchev–Trinajstić information content (AvgIpc) is 2.99. The molecule has 2 aliphatic carbocycles. The van der Waals surface area contributed by atoms with Crippen LogP contribution in [-0.2, 0) is 4.74 Å². The van der Waals surface area contributed by atoms with Crippen LogP contribution in [0, 0.1) is 17.8 Å². The fraction of sp³-hybridized carbons (Fsp3) is 0.923. The third kappa shape index (κ3) is 2.41. The molecular weight excluding hydrogens is 216 g/mol. The maximum Gasteiger partial charge on any atom is 0.317 e. The number of amides is 2. The Morgan fingerprint density at radius 2 is 2.06 bits per heavy atom. The highest BCUT2D eigenvalue weighted by Gasteiger charge is 2.39. The lowest BCUT2D eigenvalue weighted by molar-refractivity contribution is 0.0528. The summed E-state index contributed by atoms with van der Waals surface area (Å²) in [4.78, 5) is 13.8. The standard InChI is InChI=1S/C13H22N2O2/c16-13(15-3-5-17-6-4-15)14-9-12-8-10-1-2-11(12)7-10/h10-12H,1-9H2,(H,14,16)/t10-,11-,12-/m1/s1. The van der Waals surface area contributed by atoms with E-state index in [9.17, 15) is 4.79 Å². The number of hydrogen-bond donors (Lipinski definition) is 1. The van der Waals surface area contributed by atoms with Crippen LogP contribution < -0.4 is 5.32 Å². The highest BCUT2D eigenvalue weighted by molar-refractivity contribution is 5.74. The number of fused-ring (bicyclic) bond motifs is 2. The largest absolute Gasteiger partial charge is 0.378 e. The molecular formula is C13H22N2O2. The molecule has 3 rings (SSSR count). The van der Waals surface area contributed by atoms with Gasteiger partial charge < -0.3 is 15.0 Å². The second-order valence-electron chi connectivity index (χ2n) is 5.72. The van der Waals surface area contributed by atoms with Crippen LogP contribution >= 0.6 is 0 Å². The molecule has 3 aliphatic rings. The lowest BCUT2D eigenvalue weighted by Gasteiger charge is -2.28. The summed E-state index contributed by atoms with van der Waals surface area (Å²) in [6, 6.07) is 0.107. The average molecular weight is 238 g/mol. The third-order valence-electron chi connectivity index (χ3n) is 4.70. The van der Waals surface area contributed by atoms with Gasteiger partial charge in [0, 0.05) is 19.6 Å². The molecule has 0 radical (unpaired) electrons. The summed E-state index contributed by atoms with van der Waals surface area (Å²) in [7, 11) is 0. The Morgan fingerprint density at radius 3 is 2.71 bits per heavy atom. The monoisotopic (exact) mass is 238 g/mol. The van der Waals surface area contributed by atoms with Crippen LogP contribution in [0.1, 0.15) is 25.7 Å². The number of carbonyl (C=O) groups excluding carboxylic acids is 1. The Kier molecular flexibility index (Phi) is 3.23. The maximum atomic E-state index is 11.9. The molecule has 1 saturated heterocycles. The van der Waals surface area contributed by atoms with Crippen molar-refractivity contribution in [1.29, 1.82) is 0 Å². The quantitative estimate of drug-likeness (QED) is 0.791. The summed E-state index contributed by atoms with van der Waals surface area (Å²) in [6.45, 7) is 3.73. The zero-order valence-electron chi connectivity index (χ0n) is 10.4. The van der Waals surface area contributed by atoms with Gasteiger partial charge in [-0.2, -0.15) is 0 Å². The predicted octanol–water partition coefficient (Wildman–Crippen LogP) is 1.46. The molecule has 2 amide bonds. The van der Waals surface area contributed by atoms with Crippen LogP contribution in [0.5, 0.6) is 0 Å². The van der Waals surface area contributed by atoms with Crippen molar-refractivity contribution in [3.05, 3.63) is 0 Å². The second-order valence-corrected chi connectivity index (χ2v) is 5.72. The van der Waals surface area contributed by atoms with Gasteiger partial charge in [0.25, 0.3) is 0 Å². The van der Waals surface area contributed by atoms with Crippen molar-refractivity contribution in [2.24, 2.45) is 17.8 Å². The minimum absolute atomic E-state index is 0.107. The Hall–Kier alpha value is -0.770. The first-order chi connectivity index (χ1) is 8.33. The zero-order chi connectivity index (χ0) is 11.7. The van der Waals surface area contributed by atoms with E-state index in [2.05, 4.69) is 5.32 Å². The first-order valence-electron chi connectivity index (χ1n) is 6.93. The number of hydrogen-bond acceptors (Lipinski definition) is 2. The van der Waals surface area contributed by atoms with Gasteiger partial charge in [0.15, 0.2) is 0 Å². The highest BCUT2D eigenvalue weighted by atomic mass is 16.5. The maximum absolute atomic E-state index is 11.9. The predicted molar refractivity (Wildman–Crippen MR) is 64.7 cm³/mol. The Labute approximate surface area is 103 Å². The van der Waals surface area contributed by atoms with E-state index in [0.717, 1.165) is 37.4 Å². The number of morpholine rings is 1. The van der Waals surface area contributed by atoms with E-state index in [0.29, 0.717) is 13.2 Å². The molecule has 17 heavy (non-hydrogen) atoms. The van der Waals surface area contributed by atoms with E-state index in [1.165, 1.54) is 25.7 Å². The molecule has 0 spiro atoms. The van der Waals surface area contributed by atoms with Gasteiger partial charge in [-0.15, -0.1) is 0 Å². The van der Waals surface area contributed by atoms with E-state index in [1.807, 2.05) is 4.90 Å². The number of nitrogens with zero attached hydrogens (tertiary/aromatic N) is 1. The summed E-state index contributed by atoms with van der Waals surface area (Å²) in [5, 5.41) is 3.11. The van der Waals surface area contributed by atoms with E-state index in [-0.39, 0.29) is 6.03 Å². The number of ether oxygens (including phenoxy) is 1. The minimum Gasteiger partial charge on any atom is -0.378 e. The molecule has 0 unspecified atom stereocenters.